The Balaban J connectivity index is 2.07. The van der Waals surface area contributed by atoms with Gasteiger partial charge in [0.2, 0.25) is 5.96 Å². The molecule has 0 heterocycles. The largest absolute Gasteiger partial charge is 0.497 e. The summed E-state index contributed by atoms with van der Waals surface area (Å²) >= 11 is 5.83. The Morgan fingerprint density at radius 2 is 1.95 bits per heavy atom. The number of halogens is 1. The first-order chi connectivity index (χ1) is 10.1. The molecule has 0 fully saturated rings. The summed E-state index contributed by atoms with van der Waals surface area (Å²) in [6.45, 7) is 0. The average molecular weight is 304 g/mol. The Hall–Kier alpha value is -2.53. The van der Waals surface area contributed by atoms with Crippen molar-refractivity contribution in [2.45, 2.75) is 0 Å². The summed E-state index contributed by atoms with van der Waals surface area (Å²) in [7, 11) is 1.58. The average Bonchev–Trinajstić information content (AvgIpc) is 2.48. The number of ether oxygens (including phenoxy) is 1. The molecule has 0 aliphatic heterocycles. The van der Waals surface area contributed by atoms with E-state index in [1.54, 1.807) is 55.6 Å². The van der Waals surface area contributed by atoms with Crippen LogP contribution in [0.3, 0.4) is 0 Å². The van der Waals surface area contributed by atoms with E-state index < -0.39 is 0 Å². The predicted octanol–water partition coefficient (Wildman–Crippen LogP) is 2.72. The minimum atomic E-state index is -0.368. The van der Waals surface area contributed by atoms with Gasteiger partial charge in [-0.1, -0.05) is 17.7 Å². The number of carbonyl (C=O) groups is 1. The van der Waals surface area contributed by atoms with Crippen molar-refractivity contribution >= 4 is 29.2 Å². The lowest BCUT2D eigenvalue weighted by molar-refractivity contribution is 0.0976. The van der Waals surface area contributed by atoms with Crippen molar-refractivity contribution in [3.8, 4) is 5.75 Å². The van der Waals surface area contributed by atoms with Crippen LogP contribution in [0, 0.1) is 0 Å². The van der Waals surface area contributed by atoms with Gasteiger partial charge in [-0.2, -0.15) is 0 Å². The number of nitrogens with one attached hydrogen (secondary N) is 1. The summed E-state index contributed by atoms with van der Waals surface area (Å²) in [5.41, 5.74) is 6.73. The van der Waals surface area contributed by atoms with Crippen molar-refractivity contribution in [2.24, 2.45) is 10.7 Å². The van der Waals surface area contributed by atoms with E-state index in [2.05, 4.69) is 10.3 Å². The fourth-order valence-corrected chi connectivity index (χ4v) is 1.83. The van der Waals surface area contributed by atoms with Gasteiger partial charge in [-0.3, -0.25) is 10.1 Å². The normalized spacial score (nSPS) is 11.0. The summed E-state index contributed by atoms with van der Waals surface area (Å²) < 4.78 is 5.05. The molecule has 0 saturated carbocycles. The van der Waals surface area contributed by atoms with Gasteiger partial charge in [0.15, 0.2) is 0 Å². The van der Waals surface area contributed by atoms with Crippen LogP contribution in [0.2, 0.25) is 5.02 Å². The molecule has 0 spiro atoms. The van der Waals surface area contributed by atoms with Gasteiger partial charge in [0.1, 0.15) is 5.75 Å². The Labute approximate surface area is 127 Å². The second-order valence-corrected chi connectivity index (χ2v) is 4.60. The first-order valence-electron chi connectivity index (χ1n) is 6.13. The van der Waals surface area contributed by atoms with Gasteiger partial charge < -0.3 is 10.5 Å². The van der Waals surface area contributed by atoms with Crippen LogP contribution in [0.4, 0.5) is 5.69 Å². The molecule has 0 bridgehead atoms. The zero-order valence-electron chi connectivity index (χ0n) is 11.3. The van der Waals surface area contributed by atoms with E-state index in [1.165, 1.54) is 0 Å². The predicted molar refractivity (Wildman–Crippen MR) is 83.2 cm³/mol. The van der Waals surface area contributed by atoms with Crippen LogP contribution in [0.15, 0.2) is 53.5 Å². The van der Waals surface area contributed by atoms with Gasteiger partial charge >= 0.3 is 0 Å². The summed E-state index contributed by atoms with van der Waals surface area (Å²) in [6.07, 6.45) is 0. The van der Waals surface area contributed by atoms with Crippen LogP contribution < -0.4 is 15.8 Å². The fraction of sp³-hybridized carbons (Fsp3) is 0.0667. The molecule has 0 aliphatic rings. The monoisotopic (exact) mass is 303 g/mol. The molecule has 108 valence electrons. The lowest BCUT2D eigenvalue weighted by atomic mass is 10.2. The highest BCUT2D eigenvalue weighted by molar-refractivity contribution is 6.31. The van der Waals surface area contributed by atoms with E-state index in [1.807, 2.05) is 0 Å². The summed E-state index contributed by atoms with van der Waals surface area (Å²) in [5.74, 6) is 0.355. The molecular weight excluding hydrogens is 290 g/mol. The first-order valence-corrected chi connectivity index (χ1v) is 6.51. The van der Waals surface area contributed by atoms with Crippen molar-refractivity contribution in [3.63, 3.8) is 0 Å². The zero-order valence-corrected chi connectivity index (χ0v) is 12.1. The molecule has 5 nitrogen and oxygen atoms in total. The molecule has 21 heavy (non-hydrogen) atoms. The molecule has 6 heteroatoms. The van der Waals surface area contributed by atoms with E-state index >= 15 is 0 Å². The highest BCUT2D eigenvalue weighted by Gasteiger charge is 2.07. The molecule has 0 aliphatic carbocycles. The van der Waals surface area contributed by atoms with Gasteiger partial charge in [-0.15, -0.1) is 0 Å². The van der Waals surface area contributed by atoms with Crippen molar-refractivity contribution < 1.29 is 9.53 Å². The lowest BCUT2D eigenvalue weighted by Gasteiger charge is -2.05. The third kappa shape index (κ3) is 4.22. The second kappa shape index (κ2) is 6.76. The number of rotatable bonds is 3. The van der Waals surface area contributed by atoms with E-state index in [-0.39, 0.29) is 11.9 Å². The Morgan fingerprint density at radius 3 is 2.57 bits per heavy atom. The molecule has 2 rings (SSSR count). The van der Waals surface area contributed by atoms with Crippen molar-refractivity contribution in [1.82, 2.24) is 5.32 Å². The number of carbonyl (C=O) groups excluding carboxylic acids is 1. The third-order valence-corrected chi connectivity index (χ3v) is 2.89. The maximum Gasteiger partial charge on any atom is 0.258 e. The molecule has 2 aromatic rings. The Kier molecular flexibility index (Phi) is 4.79. The van der Waals surface area contributed by atoms with E-state index in [4.69, 9.17) is 22.1 Å². The standard InChI is InChI=1S/C15H14ClN3O2/c1-21-13-7-5-12(6-8-13)18-15(17)19-14(20)10-3-2-4-11(16)9-10/h2-9H,1H3,(H3,17,18,19,20). The molecule has 0 atom stereocenters. The molecule has 2 aromatic carbocycles. The number of aliphatic imine (C=N–C) groups is 1. The highest BCUT2D eigenvalue weighted by atomic mass is 35.5. The number of nitrogens with two attached hydrogens (primary N) is 1. The first kappa shape index (κ1) is 14.9. The number of hydrogen-bond acceptors (Lipinski definition) is 3. The number of methoxy groups -OCH3 is 1. The molecular formula is C15H14ClN3O2. The topological polar surface area (TPSA) is 76.7 Å². The maximum absolute atomic E-state index is 11.9. The number of nitrogens with zero attached hydrogens (tertiary/aromatic N) is 1. The fourth-order valence-electron chi connectivity index (χ4n) is 1.64. The maximum atomic E-state index is 11.9. The van der Waals surface area contributed by atoms with E-state index in [0.29, 0.717) is 16.3 Å². The SMILES string of the molecule is COc1ccc(N=C(N)NC(=O)c2cccc(Cl)c2)cc1. The number of benzene rings is 2. The molecule has 0 radical (unpaired) electrons. The lowest BCUT2D eigenvalue weighted by Crippen LogP contribution is -2.36. The molecule has 3 N–H and O–H groups in total. The van der Waals surface area contributed by atoms with Gasteiger partial charge in [-0.25, -0.2) is 4.99 Å². The summed E-state index contributed by atoms with van der Waals surface area (Å²) in [5, 5.41) is 2.98. The van der Waals surface area contributed by atoms with Crippen molar-refractivity contribution in [2.75, 3.05) is 7.11 Å². The molecule has 0 saturated heterocycles. The van der Waals surface area contributed by atoms with Gasteiger partial charge in [0.05, 0.1) is 12.8 Å². The summed E-state index contributed by atoms with van der Waals surface area (Å²) in [6, 6.07) is 13.5. The van der Waals surface area contributed by atoms with Gasteiger partial charge in [-0.05, 0) is 42.5 Å². The minimum Gasteiger partial charge on any atom is -0.497 e. The smallest absolute Gasteiger partial charge is 0.258 e. The zero-order chi connectivity index (χ0) is 15.2. The number of guanidine groups is 1. The molecule has 0 unspecified atom stereocenters. The van der Waals surface area contributed by atoms with Gasteiger partial charge in [0, 0.05) is 10.6 Å². The summed E-state index contributed by atoms with van der Waals surface area (Å²) in [4.78, 5) is 16.0. The number of amides is 1. The highest BCUT2D eigenvalue weighted by Crippen LogP contribution is 2.17. The van der Waals surface area contributed by atoms with Crippen LogP contribution in [-0.4, -0.2) is 19.0 Å². The van der Waals surface area contributed by atoms with Gasteiger partial charge in [0.25, 0.3) is 5.91 Å². The Morgan fingerprint density at radius 1 is 1.24 bits per heavy atom. The molecule has 0 aromatic heterocycles. The van der Waals surface area contributed by atoms with Crippen molar-refractivity contribution in [1.29, 1.82) is 0 Å². The quantitative estimate of drug-likeness (QED) is 0.676. The van der Waals surface area contributed by atoms with Crippen molar-refractivity contribution in [3.05, 3.63) is 59.1 Å². The third-order valence-electron chi connectivity index (χ3n) is 2.65. The molecule has 1 amide bonds. The number of hydrogen-bond donors (Lipinski definition) is 2. The minimum absolute atomic E-state index is 0.00476. The van der Waals surface area contributed by atoms with E-state index in [9.17, 15) is 4.79 Å². The Bertz CT molecular complexity index is 669. The van der Waals surface area contributed by atoms with Crippen LogP contribution >= 0.6 is 11.6 Å². The van der Waals surface area contributed by atoms with Crippen LogP contribution in [0.5, 0.6) is 5.75 Å². The van der Waals surface area contributed by atoms with E-state index in [0.717, 1.165) is 5.75 Å². The van der Waals surface area contributed by atoms with Crippen LogP contribution in [-0.2, 0) is 0 Å². The second-order valence-electron chi connectivity index (χ2n) is 4.16. The van der Waals surface area contributed by atoms with Crippen LogP contribution in [0.1, 0.15) is 10.4 Å². The van der Waals surface area contributed by atoms with Crippen LogP contribution in [0.25, 0.3) is 0 Å².